The minimum absolute atomic E-state index is 0.00602. The third-order valence-electron chi connectivity index (χ3n) is 23.3. The van der Waals surface area contributed by atoms with Crippen molar-refractivity contribution in [2.24, 2.45) is 0 Å². The van der Waals surface area contributed by atoms with Crippen molar-refractivity contribution < 1.29 is 168 Å². The lowest BCUT2D eigenvalue weighted by Gasteiger charge is -2.26. The number of terminal acetylenes is 1. The first kappa shape index (κ1) is 110. The third kappa shape index (κ3) is 26.9. The number of nitrogens with one attached hydrogen (secondary N) is 7. The first-order valence-electron chi connectivity index (χ1n) is 42.9. The molecule has 28 atom stereocenters. The van der Waals surface area contributed by atoms with Crippen LogP contribution in [0.2, 0.25) is 0 Å². The number of aliphatic hydroxyl groups excluding tert-OH is 1. The van der Waals surface area contributed by atoms with Crippen LogP contribution in [0.15, 0.2) is 106 Å². The highest BCUT2D eigenvalue weighted by Gasteiger charge is 2.53. The molecule has 0 aliphatic carbocycles. The Morgan fingerprint density at radius 1 is 0.333 bits per heavy atom. The van der Waals surface area contributed by atoms with Crippen molar-refractivity contribution in [2.45, 2.75) is 222 Å². The van der Waals surface area contributed by atoms with Gasteiger partial charge in [-0.1, -0.05) is 5.92 Å². The Kier molecular flexibility index (Phi) is 34.0. The zero-order chi connectivity index (χ0) is 105. The summed E-state index contributed by atoms with van der Waals surface area (Å²) < 4.78 is 217. The quantitative estimate of drug-likeness (QED) is 0.0130. The molecule has 64 nitrogen and oxygen atoms in total. The van der Waals surface area contributed by atoms with E-state index < -0.39 is 361 Å². The monoisotopic (exact) mass is 2180 g/mol. The second kappa shape index (κ2) is 44.3. The van der Waals surface area contributed by atoms with Gasteiger partial charge in [0.15, 0.2) is 0 Å². The highest BCUT2D eigenvalue weighted by molar-refractivity contribution is 7.50. The lowest BCUT2D eigenvalue weighted by Crippen LogP contribution is -2.33. The maximum absolute atomic E-state index is 14.5. The van der Waals surface area contributed by atoms with E-state index in [1.807, 2.05) is 24.9 Å². The Labute approximate surface area is 803 Å². The van der Waals surface area contributed by atoms with Crippen molar-refractivity contribution in [3.05, 3.63) is 218 Å². The van der Waals surface area contributed by atoms with Crippen LogP contribution in [0.1, 0.15) is 127 Å². The molecule has 7 aromatic heterocycles. The lowest BCUT2D eigenvalue weighted by molar-refractivity contribution is -0.276. The van der Waals surface area contributed by atoms with Crippen molar-refractivity contribution in [3.63, 3.8) is 0 Å². The van der Waals surface area contributed by atoms with Gasteiger partial charge in [-0.05, 0) is 59.9 Å². The molecule has 0 radical (unpaired) electrons. The van der Waals surface area contributed by atoms with E-state index in [4.69, 9.17) is 98.4 Å². The molecular formula is C73H95N15O49P7-. The number of H-pyrrole nitrogens is 6. The summed E-state index contributed by atoms with van der Waals surface area (Å²) in [6, 6.07) is 0. The topological polar surface area (TPSA) is 865 Å². The summed E-state index contributed by atoms with van der Waals surface area (Å²) in [5.41, 5.74) is -13.4. The number of phosphoric acid groups is 6. The van der Waals surface area contributed by atoms with Gasteiger partial charge in [-0.25, -0.2) is 75.6 Å². The second-order valence-corrected chi connectivity index (χ2v) is 43.7. The number of hydrogen-bond acceptors (Lipinski definition) is 43. The van der Waals surface area contributed by atoms with Crippen LogP contribution in [0.3, 0.4) is 0 Å². The van der Waals surface area contributed by atoms with Gasteiger partial charge < -0.3 is 77.6 Å². The fourth-order valence-corrected chi connectivity index (χ4v) is 22.8. The number of ether oxygens (including phenoxy) is 7. The molecule has 14 rings (SSSR count). The summed E-state index contributed by atoms with van der Waals surface area (Å²) in [5.74, 6) is 1.22. The van der Waals surface area contributed by atoms with Gasteiger partial charge in [0.2, 0.25) is 0 Å². The summed E-state index contributed by atoms with van der Waals surface area (Å²) in [6.07, 6.45) is -28.1. The van der Waals surface area contributed by atoms with Crippen molar-refractivity contribution in [1.82, 2.24) is 71.9 Å². The molecule has 7 fully saturated rings. The van der Waals surface area contributed by atoms with Gasteiger partial charge in [0, 0.05) is 122 Å². The highest BCUT2D eigenvalue weighted by Crippen LogP contribution is 2.58. The number of aliphatic hydroxyl groups is 1. The molecule has 7 aliphatic heterocycles. The van der Waals surface area contributed by atoms with Gasteiger partial charge in [-0.3, -0.25) is 149 Å². The molecule has 15 N–H and O–H groups in total. The summed E-state index contributed by atoms with van der Waals surface area (Å²) in [5, 5.41) is 24.3. The molecule has 144 heavy (non-hydrogen) atoms. The van der Waals surface area contributed by atoms with Crippen molar-refractivity contribution >= 4 is 54.7 Å². The van der Waals surface area contributed by atoms with E-state index in [2.05, 4.69) is 21.0 Å². The number of aromatic nitrogens is 14. The molecule has 0 spiro atoms. The van der Waals surface area contributed by atoms with Crippen LogP contribution in [0.4, 0.5) is 0 Å². The fourth-order valence-electron chi connectivity index (χ4n) is 16.1. The Morgan fingerprint density at radius 3 is 0.729 bits per heavy atom. The molecule has 0 saturated carbocycles. The lowest BCUT2D eigenvalue weighted by atomic mass is 10.2. The van der Waals surface area contributed by atoms with Gasteiger partial charge in [-0.2, -0.15) is 0 Å². The largest absolute Gasteiger partial charge is 0.858 e. The average molecular weight is 2180 g/mol. The Balaban J connectivity index is 0.666. The maximum Gasteiger partial charge on any atom is 0.472 e. The summed E-state index contributed by atoms with van der Waals surface area (Å²) >= 11 is 0. The maximum atomic E-state index is 14.5. The number of hydrogen-bond donors (Lipinski definition) is 15. The predicted molar refractivity (Wildman–Crippen MR) is 471 cm³/mol. The van der Waals surface area contributed by atoms with Crippen LogP contribution in [0, 0.1) is 60.8 Å². The highest BCUT2D eigenvalue weighted by atomic mass is 31.2. The Hall–Kier alpha value is -9.23. The standard InChI is InChI=1S/C73H96N15O49P7/c1-9-10-74-138(104,105)131-40-12-54(83-19-33(3)61(91)76-68(83)98)125-47(40)26-118-140(108,109)133-42-14-56(85-21-35(5)63(93)78-70(85)100)127-49(42)28-120-142(112,113)135-44-16-58(87-23-37(7)65(95)80-72(87)102)129-51(44)30-122-144(116,117)137-45-17-59(88-24-38(8)66(96)81-73(88)103)130-52(45)31-123-143(114,115)136-43-15-57(86-22-36(6)64(94)79-71(86)101)128-50(43)29-121-141(110,111)134-41-13-55(84-20-34(4)62(92)77-69(84)99)126-48(41)27-119-139(106,107)132-39-11-53(124-46(39)25-89)82-18-32(2)60(90)75-67(82)97/h1,18-24,39-59,89H,10-17,25-31H2,2-8H3,(H,106,107)(H,108,109)(H,110,111)(H,112,113)(H,114,115)(H,116,117)(H2,74,104,105)(H,75,90,97)(H,76,91,98)(H,77,92,99)(H,78,93,100)(H,79,94,101)(H,80,95,102)(H,81,96,103)/p-1/t39-,40-,41-,42-,43-,44-,45-,46+,47+,48+,49+,50+,51+,52+,53+,54+,55+,56+,57+,58+,59+/m0/s1. The minimum atomic E-state index is -5.82. The molecule has 71 heteroatoms. The van der Waals surface area contributed by atoms with E-state index in [9.17, 15) is 139 Å². The smallest absolute Gasteiger partial charge is 0.472 e. The average Bonchev–Trinajstić information content (AvgIpc) is 1.66. The summed E-state index contributed by atoms with van der Waals surface area (Å²) in [4.78, 5) is 263. The molecule has 0 aromatic carbocycles. The SMILES string of the molecule is C#CCNP(=O)(O)O[C@H]1C[C@H](n2cc(C)c(=O)[nH]c2=O)O[C@@H]1COP(=O)(O)O[C@H]1C[C@H](n2cc(C)c(=O)[nH]c2=O)O[C@@H]1COP(=O)(O)O[C@H]1C[C@H](n2cc(C)c(=O)[nH]c2=O)O[C@@H]1COP(=O)(O)O[C@H]1C[C@H](n2cc(C)c(=O)[nH]c2=O)O[C@@H]1COP(=O)(O)O[C@H]1C[C@H](n2cc(C)c(=O)[nH]c2=O)O[C@@H]1COP(=O)(O)O[C@H]1C[C@H](n2cc(C)c(=O)[nH]c2=O)O[C@@H]1COP(=O)(O)O[C@H]1C[C@H](n2cc(C)c([O-])nc2=O)O[C@@H]1CO. The normalized spacial score (nSPS) is 29.5. The van der Waals surface area contributed by atoms with Gasteiger partial charge >= 0.3 is 94.5 Å². The number of aromatic amines is 6. The van der Waals surface area contributed by atoms with Crippen molar-refractivity contribution in [2.75, 3.05) is 52.8 Å². The molecule has 7 aromatic rings. The van der Waals surface area contributed by atoms with E-state index in [1.54, 1.807) is 0 Å². The molecule has 7 saturated heterocycles. The van der Waals surface area contributed by atoms with Crippen LogP contribution < -0.4 is 83.4 Å². The minimum Gasteiger partial charge on any atom is -0.858 e. The fraction of sp³-hybridized carbons (Fsp3) is 0.589. The van der Waals surface area contributed by atoms with Gasteiger partial charge in [0.25, 0.3) is 33.4 Å². The molecule has 0 amide bonds. The van der Waals surface area contributed by atoms with Crippen molar-refractivity contribution in [3.8, 4) is 18.2 Å². The number of aryl methyl sites for hydroxylation is 7. The summed E-state index contributed by atoms with van der Waals surface area (Å²) in [7, 11) is -39.0. The van der Waals surface area contributed by atoms with E-state index in [-0.39, 0.29) is 38.9 Å². The zero-order valence-electron chi connectivity index (χ0n) is 75.9. The van der Waals surface area contributed by atoms with E-state index in [0.717, 1.165) is 75.3 Å². The van der Waals surface area contributed by atoms with E-state index in [0.29, 0.717) is 0 Å². The van der Waals surface area contributed by atoms with Gasteiger partial charge in [0.1, 0.15) is 129 Å². The predicted octanol–water partition coefficient (Wildman–Crippen LogP) is -3.50. The van der Waals surface area contributed by atoms with Crippen LogP contribution in [-0.4, -0.2) is 244 Å². The summed E-state index contributed by atoms with van der Waals surface area (Å²) in [6.45, 7) is 0.404. The number of rotatable bonds is 42. The first-order chi connectivity index (χ1) is 67.4. The third-order valence-corrected chi connectivity index (χ3v) is 30.5. The van der Waals surface area contributed by atoms with Gasteiger partial charge in [-0.15, -0.1) is 6.42 Å². The van der Waals surface area contributed by atoms with E-state index >= 15 is 0 Å². The zero-order valence-corrected chi connectivity index (χ0v) is 82.1. The van der Waals surface area contributed by atoms with Crippen molar-refractivity contribution in [1.29, 1.82) is 0 Å². The molecule has 7 unspecified atom stereocenters. The van der Waals surface area contributed by atoms with Gasteiger partial charge in [0.05, 0.1) is 52.8 Å². The van der Waals surface area contributed by atoms with Crippen LogP contribution in [0.25, 0.3) is 0 Å². The first-order valence-corrected chi connectivity index (χ1v) is 53.5. The number of phosphoric ester groups is 6. The second-order valence-electron chi connectivity index (χ2n) is 33.7. The van der Waals surface area contributed by atoms with Crippen LogP contribution >= 0.6 is 54.7 Å². The molecule has 7 aliphatic rings. The van der Waals surface area contributed by atoms with E-state index in [1.165, 1.54) is 48.5 Å². The Morgan fingerprint density at radius 2 is 0.521 bits per heavy atom. The van der Waals surface area contributed by atoms with Crippen LogP contribution in [0.5, 0.6) is 5.88 Å². The number of nitrogens with zero attached hydrogens (tertiary/aromatic N) is 8. The molecular weight excluding hydrogens is 2090 g/mol. The molecule has 0 bridgehead atoms. The van der Waals surface area contributed by atoms with Crippen LogP contribution in [-0.2, 0) is 124 Å². The molecule has 14 heterocycles. The Bertz CT molecular complexity index is 7180. The molecule has 792 valence electrons.